The van der Waals surface area contributed by atoms with E-state index in [1.165, 1.54) is 37.8 Å². The quantitative estimate of drug-likeness (QED) is 0.567. The molecule has 2 aromatic heterocycles. The van der Waals surface area contributed by atoms with Crippen LogP contribution in [0.3, 0.4) is 0 Å². The summed E-state index contributed by atoms with van der Waals surface area (Å²) < 4.78 is 7.70. The molecule has 0 aliphatic carbocycles. The van der Waals surface area contributed by atoms with Crippen molar-refractivity contribution < 1.29 is 9.53 Å². The molecule has 1 atom stereocenters. The van der Waals surface area contributed by atoms with Crippen molar-refractivity contribution >= 4 is 11.6 Å². The Balaban J connectivity index is 1.34. The molecule has 174 valence electrons. The predicted molar refractivity (Wildman–Crippen MR) is 128 cm³/mol. The molecule has 3 aromatic rings. The lowest BCUT2D eigenvalue weighted by atomic mass is 9.95. The number of piperidine rings is 1. The molecule has 4 heterocycles. The monoisotopic (exact) mass is 447 g/mol. The maximum absolute atomic E-state index is 13.4. The number of nitrogens with zero attached hydrogens (tertiary/aromatic N) is 5. The van der Waals surface area contributed by atoms with Crippen LogP contribution < -0.4 is 4.74 Å². The predicted octanol–water partition coefficient (Wildman–Crippen LogP) is 3.83. The van der Waals surface area contributed by atoms with E-state index in [1.54, 1.807) is 16.9 Å². The van der Waals surface area contributed by atoms with E-state index in [0.29, 0.717) is 37.1 Å². The third-order valence-corrected chi connectivity index (χ3v) is 6.95. The van der Waals surface area contributed by atoms with Gasteiger partial charge in [0.1, 0.15) is 12.4 Å². The minimum absolute atomic E-state index is 0.0429. The molecule has 7 heteroatoms. The number of carbonyl (C=O) groups excluding carboxylic acids is 1. The first-order valence-corrected chi connectivity index (χ1v) is 12.3. The van der Waals surface area contributed by atoms with E-state index >= 15 is 0 Å². The summed E-state index contributed by atoms with van der Waals surface area (Å²) >= 11 is 0. The van der Waals surface area contributed by atoms with Crippen molar-refractivity contribution in [1.29, 1.82) is 0 Å². The highest BCUT2D eigenvalue weighted by Gasteiger charge is 2.23. The minimum Gasteiger partial charge on any atom is -0.492 e. The first-order chi connectivity index (χ1) is 16.3. The molecule has 1 aromatic carbocycles. The standard InChI is InChI=1S/C26H33N5O2/c32-26(24-20-27-25-10-6-13-28-31(24)25)30-16-4-3-15-29-14-2-1-8-22(29)12-11-21-7-5-9-23(19-21)33-18-17-30/h5-7,9-10,13,19-20,22H,1-4,8,11-12,14-18H2. The van der Waals surface area contributed by atoms with Crippen molar-refractivity contribution in [2.24, 2.45) is 0 Å². The summed E-state index contributed by atoms with van der Waals surface area (Å²) in [5.41, 5.74) is 2.52. The lowest BCUT2D eigenvalue weighted by Gasteiger charge is -2.36. The smallest absolute Gasteiger partial charge is 0.274 e. The van der Waals surface area contributed by atoms with Gasteiger partial charge in [-0.3, -0.25) is 4.79 Å². The highest BCUT2D eigenvalue weighted by molar-refractivity contribution is 5.93. The fraction of sp³-hybridized carbons (Fsp3) is 0.500. The molecule has 1 unspecified atom stereocenters. The first-order valence-electron chi connectivity index (χ1n) is 12.3. The average Bonchev–Trinajstić information content (AvgIpc) is 3.28. The molecule has 1 saturated heterocycles. The van der Waals surface area contributed by atoms with Gasteiger partial charge in [-0.1, -0.05) is 18.6 Å². The van der Waals surface area contributed by atoms with Crippen LogP contribution in [-0.4, -0.2) is 69.1 Å². The lowest BCUT2D eigenvalue weighted by Crippen LogP contribution is -2.41. The molecule has 2 aliphatic rings. The fourth-order valence-corrected chi connectivity index (χ4v) is 5.15. The number of imidazole rings is 1. The largest absolute Gasteiger partial charge is 0.492 e. The molecule has 33 heavy (non-hydrogen) atoms. The molecule has 5 rings (SSSR count). The van der Waals surface area contributed by atoms with Crippen molar-refractivity contribution in [2.75, 3.05) is 32.8 Å². The van der Waals surface area contributed by atoms with Crippen molar-refractivity contribution in [3.63, 3.8) is 0 Å². The summed E-state index contributed by atoms with van der Waals surface area (Å²) in [6.45, 7) is 4.02. The van der Waals surface area contributed by atoms with E-state index in [2.05, 4.69) is 33.2 Å². The topological polar surface area (TPSA) is 63.0 Å². The maximum Gasteiger partial charge on any atom is 0.274 e. The molecule has 0 radical (unpaired) electrons. The Hall–Kier alpha value is -2.93. The van der Waals surface area contributed by atoms with E-state index in [-0.39, 0.29) is 5.91 Å². The minimum atomic E-state index is -0.0429. The van der Waals surface area contributed by atoms with Gasteiger partial charge in [-0.2, -0.15) is 5.10 Å². The lowest BCUT2D eigenvalue weighted by molar-refractivity contribution is 0.0713. The van der Waals surface area contributed by atoms with Crippen LogP contribution in [0.4, 0.5) is 0 Å². The number of hydrogen-bond acceptors (Lipinski definition) is 5. The Labute approximate surface area is 195 Å². The van der Waals surface area contributed by atoms with Gasteiger partial charge in [0.25, 0.3) is 5.91 Å². The van der Waals surface area contributed by atoms with E-state index in [1.807, 2.05) is 23.1 Å². The van der Waals surface area contributed by atoms with Gasteiger partial charge in [-0.25, -0.2) is 9.50 Å². The van der Waals surface area contributed by atoms with Crippen molar-refractivity contribution in [3.8, 4) is 5.75 Å². The number of aryl methyl sites for hydroxylation is 1. The van der Waals surface area contributed by atoms with Crippen LogP contribution in [0, 0.1) is 0 Å². The third-order valence-electron chi connectivity index (χ3n) is 6.95. The molecular formula is C26H33N5O2. The average molecular weight is 448 g/mol. The van der Waals surface area contributed by atoms with Crippen LogP contribution in [0.5, 0.6) is 5.75 Å². The highest BCUT2D eigenvalue weighted by Crippen LogP contribution is 2.23. The third kappa shape index (κ3) is 5.19. The molecule has 2 aliphatic heterocycles. The summed E-state index contributed by atoms with van der Waals surface area (Å²) in [6, 6.07) is 12.8. The van der Waals surface area contributed by atoms with Gasteiger partial charge >= 0.3 is 0 Å². The number of amides is 1. The second kappa shape index (κ2) is 10.3. The van der Waals surface area contributed by atoms with Crippen LogP contribution in [0.25, 0.3) is 5.65 Å². The zero-order chi connectivity index (χ0) is 22.5. The maximum atomic E-state index is 13.4. The number of ether oxygens (including phenoxy) is 1. The zero-order valence-electron chi connectivity index (χ0n) is 19.2. The second-order valence-electron chi connectivity index (χ2n) is 9.16. The van der Waals surface area contributed by atoms with Crippen LogP contribution in [-0.2, 0) is 6.42 Å². The number of carbonyl (C=O) groups is 1. The van der Waals surface area contributed by atoms with Gasteiger partial charge in [0.2, 0.25) is 0 Å². The Morgan fingerprint density at radius 2 is 1.85 bits per heavy atom. The Kier molecular flexibility index (Phi) is 6.86. The van der Waals surface area contributed by atoms with Crippen LogP contribution >= 0.6 is 0 Å². The van der Waals surface area contributed by atoms with Crippen molar-refractivity contribution in [1.82, 2.24) is 24.4 Å². The number of aromatic nitrogens is 3. The Bertz CT molecular complexity index is 1080. The fourth-order valence-electron chi connectivity index (χ4n) is 5.15. The van der Waals surface area contributed by atoms with Crippen LogP contribution in [0.2, 0.25) is 0 Å². The van der Waals surface area contributed by atoms with Gasteiger partial charge in [0, 0.05) is 18.8 Å². The molecule has 1 fully saturated rings. The molecule has 0 N–H and O–H groups in total. The summed E-state index contributed by atoms with van der Waals surface area (Å²) in [5.74, 6) is 0.838. The molecular weight excluding hydrogens is 414 g/mol. The number of fused-ring (bicyclic) bond motifs is 4. The van der Waals surface area contributed by atoms with Crippen molar-refractivity contribution in [3.05, 3.63) is 60.0 Å². The van der Waals surface area contributed by atoms with Crippen molar-refractivity contribution in [2.45, 2.75) is 51.0 Å². The first kappa shape index (κ1) is 21.9. The molecule has 0 spiro atoms. The summed E-state index contributed by atoms with van der Waals surface area (Å²) in [7, 11) is 0. The molecule has 0 saturated carbocycles. The van der Waals surface area contributed by atoms with Crippen LogP contribution in [0.1, 0.15) is 54.6 Å². The van der Waals surface area contributed by atoms with E-state index in [0.717, 1.165) is 31.6 Å². The number of rotatable bonds is 1. The second-order valence-corrected chi connectivity index (χ2v) is 9.16. The Morgan fingerprint density at radius 1 is 0.970 bits per heavy atom. The van der Waals surface area contributed by atoms with E-state index in [4.69, 9.17) is 4.74 Å². The van der Waals surface area contributed by atoms with Gasteiger partial charge in [-0.05, 0) is 81.4 Å². The van der Waals surface area contributed by atoms with E-state index in [9.17, 15) is 4.79 Å². The SMILES string of the molecule is O=C(c1cnc2cccnn12)N1CCCCN2CCCCC2CCc2cccc(c2)OCC1. The van der Waals surface area contributed by atoms with Gasteiger partial charge < -0.3 is 14.5 Å². The number of hydrogen-bond donors (Lipinski definition) is 0. The van der Waals surface area contributed by atoms with Gasteiger partial charge in [0.15, 0.2) is 11.3 Å². The summed E-state index contributed by atoms with van der Waals surface area (Å²) in [6.07, 6.45) is 11.6. The summed E-state index contributed by atoms with van der Waals surface area (Å²) in [5, 5.41) is 4.32. The molecule has 2 bridgehead atoms. The zero-order valence-corrected chi connectivity index (χ0v) is 19.2. The normalized spacial score (nSPS) is 21.0. The van der Waals surface area contributed by atoms with Crippen LogP contribution in [0.15, 0.2) is 48.8 Å². The summed E-state index contributed by atoms with van der Waals surface area (Å²) in [4.78, 5) is 22.4. The number of benzene rings is 1. The molecule has 1 amide bonds. The van der Waals surface area contributed by atoms with E-state index < -0.39 is 0 Å². The highest BCUT2D eigenvalue weighted by atomic mass is 16.5. The molecule has 7 nitrogen and oxygen atoms in total. The van der Waals surface area contributed by atoms with Gasteiger partial charge in [-0.15, -0.1) is 0 Å². The Morgan fingerprint density at radius 3 is 2.79 bits per heavy atom. The van der Waals surface area contributed by atoms with Gasteiger partial charge in [0.05, 0.1) is 12.7 Å².